The molecule has 0 radical (unpaired) electrons. The summed E-state index contributed by atoms with van der Waals surface area (Å²) < 4.78 is 25.1. The van der Waals surface area contributed by atoms with E-state index in [9.17, 15) is 8.78 Å². The number of alkyl halides is 2. The molecule has 1 aromatic heterocycles. The third-order valence-corrected chi connectivity index (χ3v) is 2.41. The van der Waals surface area contributed by atoms with Crippen molar-refractivity contribution >= 4 is 11.3 Å². The predicted octanol–water partition coefficient (Wildman–Crippen LogP) is 1.17. The number of aromatic nitrogens is 1. The Kier molecular flexibility index (Phi) is 3.91. The van der Waals surface area contributed by atoms with E-state index >= 15 is 0 Å². The third kappa shape index (κ3) is 3.65. The number of aliphatic hydroxyl groups is 1. The molecular formula is C8H12F2N2OS. The highest BCUT2D eigenvalue weighted by Crippen LogP contribution is 2.11. The fraction of sp³-hybridized carbons (Fsp3) is 0.625. The molecule has 0 spiro atoms. The van der Waals surface area contributed by atoms with E-state index in [1.807, 2.05) is 12.3 Å². The van der Waals surface area contributed by atoms with Gasteiger partial charge >= 0.3 is 0 Å². The first kappa shape index (κ1) is 11.5. The highest BCUT2D eigenvalue weighted by atomic mass is 32.1. The van der Waals surface area contributed by atoms with Crippen LogP contribution in [-0.2, 0) is 6.54 Å². The van der Waals surface area contributed by atoms with Gasteiger partial charge < -0.3 is 10.4 Å². The van der Waals surface area contributed by atoms with Crippen LogP contribution in [0, 0.1) is 6.92 Å². The summed E-state index contributed by atoms with van der Waals surface area (Å²) in [6.45, 7) is 0.507. The van der Waals surface area contributed by atoms with Crippen molar-refractivity contribution in [1.82, 2.24) is 10.3 Å². The Bertz CT molecular complexity index is 291. The fourth-order valence-electron chi connectivity index (χ4n) is 0.919. The minimum absolute atomic E-state index is 0.305. The normalized spacial score (nSPS) is 12.0. The second kappa shape index (κ2) is 4.77. The summed E-state index contributed by atoms with van der Waals surface area (Å²) in [7, 11) is 0. The zero-order valence-corrected chi connectivity index (χ0v) is 8.57. The van der Waals surface area contributed by atoms with Gasteiger partial charge in [0.1, 0.15) is 6.61 Å². The van der Waals surface area contributed by atoms with Crippen molar-refractivity contribution in [3.05, 3.63) is 16.1 Å². The van der Waals surface area contributed by atoms with Crippen molar-refractivity contribution < 1.29 is 13.9 Å². The van der Waals surface area contributed by atoms with Gasteiger partial charge in [0.15, 0.2) is 0 Å². The number of hydrogen-bond acceptors (Lipinski definition) is 4. The first-order chi connectivity index (χ1) is 6.53. The molecule has 0 aromatic carbocycles. The topological polar surface area (TPSA) is 45.2 Å². The predicted molar refractivity (Wildman–Crippen MR) is 50.6 cm³/mol. The van der Waals surface area contributed by atoms with Gasteiger partial charge in [-0.2, -0.15) is 0 Å². The maximum Gasteiger partial charge on any atom is 0.282 e. The molecule has 1 aromatic rings. The van der Waals surface area contributed by atoms with Gasteiger partial charge in [-0.25, -0.2) is 13.8 Å². The molecule has 0 atom stereocenters. The van der Waals surface area contributed by atoms with Gasteiger partial charge in [-0.15, -0.1) is 11.3 Å². The molecule has 0 saturated carbocycles. The largest absolute Gasteiger partial charge is 0.390 e. The first-order valence-corrected chi connectivity index (χ1v) is 5.02. The highest BCUT2D eigenvalue weighted by molar-refractivity contribution is 7.09. The van der Waals surface area contributed by atoms with Crippen LogP contribution in [0.15, 0.2) is 5.38 Å². The Morgan fingerprint density at radius 3 is 2.86 bits per heavy atom. The van der Waals surface area contributed by atoms with Crippen molar-refractivity contribution in [2.45, 2.75) is 19.4 Å². The molecule has 0 aliphatic carbocycles. The summed E-state index contributed by atoms with van der Waals surface area (Å²) in [5.41, 5.74) is 0.751. The van der Waals surface area contributed by atoms with Crippen LogP contribution in [0.5, 0.6) is 0 Å². The Morgan fingerprint density at radius 1 is 1.64 bits per heavy atom. The van der Waals surface area contributed by atoms with Gasteiger partial charge in [-0.3, -0.25) is 0 Å². The van der Waals surface area contributed by atoms with E-state index in [0.29, 0.717) is 6.54 Å². The minimum atomic E-state index is -3.05. The van der Waals surface area contributed by atoms with Crippen LogP contribution in [0.25, 0.3) is 0 Å². The van der Waals surface area contributed by atoms with Crippen molar-refractivity contribution in [1.29, 1.82) is 0 Å². The van der Waals surface area contributed by atoms with Crippen molar-refractivity contribution in [2.75, 3.05) is 13.2 Å². The summed E-state index contributed by atoms with van der Waals surface area (Å²) in [6, 6.07) is 0. The Balaban J connectivity index is 2.28. The van der Waals surface area contributed by atoms with E-state index in [0.717, 1.165) is 10.7 Å². The number of aryl methyl sites for hydroxylation is 1. The van der Waals surface area contributed by atoms with Crippen molar-refractivity contribution in [3.8, 4) is 0 Å². The van der Waals surface area contributed by atoms with Crippen LogP contribution in [0.2, 0.25) is 0 Å². The number of rotatable bonds is 5. The lowest BCUT2D eigenvalue weighted by molar-refractivity contribution is -0.0478. The monoisotopic (exact) mass is 222 g/mol. The maximum absolute atomic E-state index is 12.5. The zero-order valence-electron chi connectivity index (χ0n) is 7.76. The van der Waals surface area contributed by atoms with Crippen molar-refractivity contribution in [3.63, 3.8) is 0 Å². The first-order valence-electron chi connectivity index (χ1n) is 4.14. The molecule has 1 heterocycles. The standard InChI is InChI=1S/C8H12F2N2OS/c1-6-12-7(3-14-6)2-11-4-8(9,10)5-13/h3,11,13H,2,4-5H2,1H3. The summed E-state index contributed by atoms with van der Waals surface area (Å²) in [6.07, 6.45) is 0. The van der Waals surface area contributed by atoms with Gasteiger partial charge in [-0.1, -0.05) is 0 Å². The molecule has 2 N–H and O–H groups in total. The molecule has 0 saturated heterocycles. The van der Waals surface area contributed by atoms with E-state index in [1.165, 1.54) is 11.3 Å². The molecule has 0 bridgehead atoms. The fourth-order valence-corrected chi connectivity index (χ4v) is 1.53. The van der Waals surface area contributed by atoms with Crippen LogP contribution in [-0.4, -0.2) is 29.2 Å². The Hall–Kier alpha value is -0.590. The SMILES string of the molecule is Cc1nc(CNCC(F)(F)CO)cs1. The van der Waals surface area contributed by atoms with Gasteiger partial charge in [-0.05, 0) is 6.92 Å². The molecule has 6 heteroatoms. The quantitative estimate of drug-likeness (QED) is 0.786. The minimum Gasteiger partial charge on any atom is -0.390 e. The second-order valence-electron chi connectivity index (χ2n) is 2.98. The number of nitrogens with one attached hydrogen (secondary N) is 1. The smallest absolute Gasteiger partial charge is 0.282 e. The molecular weight excluding hydrogens is 210 g/mol. The second-order valence-corrected chi connectivity index (χ2v) is 4.04. The molecule has 0 unspecified atom stereocenters. The number of thiazole rings is 1. The van der Waals surface area contributed by atoms with E-state index in [1.54, 1.807) is 0 Å². The van der Waals surface area contributed by atoms with Gasteiger partial charge in [0.05, 0.1) is 17.2 Å². The summed E-state index contributed by atoms with van der Waals surface area (Å²) in [5.74, 6) is -3.05. The average Bonchev–Trinajstić information content (AvgIpc) is 2.51. The van der Waals surface area contributed by atoms with E-state index in [-0.39, 0.29) is 0 Å². The van der Waals surface area contributed by atoms with Crippen LogP contribution >= 0.6 is 11.3 Å². The molecule has 0 amide bonds. The van der Waals surface area contributed by atoms with Crippen LogP contribution in [0.4, 0.5) is 8.78 Å². The zero-order chi connectivity index (χ0) is 10.6. The summed E-state index contributed by atoms with van der Waals surface area (Å²) in [4.78, 5) is 4.10. The Morgan fingerprint density at radius 2 is 2.36 bits per heavy atom. The molecule has 0 fully saturated rings. The molecule has 80 valence electrons. The maximum atomic E-state index is 12.5. The number of nitrogens with zero attached hydrogens (tertiary/aromatic N) is 1. The average molecular weight is 222 g/mol. The van der Waals surface area contributed by atoms with Gasteiger partial charge in [0.2, 0.25) is 0 Å². The van der Waals surface area contributed by atoms with E-state index in [4.69, 9.17) is 5.11 Å². The van der Waals surface area contributed by atoms with Gasteiger partial charge in [0.25, 0.3) is 5.92 Å². The molecule has 1 rings (SSSR count). The summed E-state index contributed by atoms with van der Waals surface area (Å²) >= 11 is 1.48. The molecule has 0 aliphatic heterocycles. The number of hydrogen-bond donors (Lipinski definition) is 2. The van der Waals surface area contributed by atoms with Crippen LogP contribution in [0.1, 0.15) is 10.7 Å². The lowest BCUT2D eigenvalue weighted by Gasteiger charge is -2.12. The molecule has 3 nitrogen and oxygen atoms in total. The number of halogens is 2. The lowest BCUT2D eigenvalue weighted by atomic mass is 10.3. The lowest BCUT2D eigenvalue weighted by Crippen LogP contribution is -2.35. The molecule has 14 heavy (non-hydrogen) atoms. The third-order valence-electron chi connectivity index (χ3n) is 1.59. The summed E-state index contributed by atoms with van der Waals surface area (Å²) in [5, 5.41) is 13.6. The number of aliphatic hydroxyl groups excluding tert-OH is 1. The van der Waals surface area contributed by atoms with E-state index in [2.05, 4.69) is 10.3 Å². The van der Waals surface area contributed by atoms with Crippen LogP contribution < -0.4 is 5.32 Å². The van der Waals surface area contributed by atoms with Gasteiger partial charge in [0, 0.05) is 11.9 Å². The van der Waals surface area contributed by atoms with Crippen LogP contribution in [0.3, 0.4) is 0 Å². The molecule has 0 aliphatic rings. The Labute approximate surface area is 84.8 Å². The van der Waals surface area contributed by atoms with Crippen molar-refractivity contribution in [2.24, 2.45) is 0 Å². The highest BCUT2D eigenvalue weighted by Gasteiger charge is 2.26. The van der Waals surface area contributed by atoms with E-state index < -0.39 is 19.1 Å².